The first-order valence-corrected chi connectivity index (χ1v) is 12.3. The van der Waals surface area contributed by atoms with Gasteiger partial charge in [-0.2, -0.15) is 0 Å². The van der Waals surface area contributed by atoms with Gasteiger partial charge in [0.1, 0.15) is 6.10 Å². The van der Waals surface area contributed by atoms with Crippen LogP contribution in [0.4, 0.5) is 10.5 Å². The maximum absolute atomic E-state index is 13.3. The molecule has 0 aromatic heterocycles. The van der Waals surface area contributed by atoms with Crippen molar-refractivity contribution < 1.29 is 33.6 Å². The van der Waals surface area contributed by atoms with Crippen molar-refractivity contribution in [3.8, 4) is 11.5 Å². The number of carbonyl (C=O) groups excluding carboxylic acids is 2. The van der Waals surface area contributed by atoms with E-state index in [1.54, 1.807) is 23.1 Å². The van der Waals surface area contributed by atoms with Crippen molar-refractivity contribution in [2.75, 3.05) is 65.1 Å². The molecule has 0 spiro atoms. The second-order valence-corrected chi connectivity index (χ2v) is 9.67. The molecule has 5 rings (SSSR count). The van der Waals surface area contributed by atoms with Crippen LogP contribution in [0.3, 0.4) is 0 Å². The third-order valence-corrected chi connectivity index (χ3v) is 7.12. The summed E-state index contributed by atoms with van der Waals surface area (Å²) in [5.74, 6) is 1.33. The highest BCUT2D eigenvalue weighted by Crippen LogP contribution is 2.35. The average Bonchev–Trinajstić information content (AvgIpc) is 3.30. The second kappa shape index (κ2) is 10.6. The van der Waals surface area contributed by atoms with Crippen LogP contribution in [-0.2, 0) is 14.3 Å². The van der Waals surface area contributed by atoms with Gasteiger partial charge in [0, 0.05) is 37.9 Å². The predicted octanol–water partition coefficient (Wildman–Crippen LogP) is 0.721. The maximum Gasteiger partial charge on any atom is 0.322 e. The van der Waals surface area contributed by atoms with Gasteiger partial charge in [-0.15, -0.1) is 0 Å². The van der Waals surface area contributed by atoms with Crippen LogP contribution >= 0.6 is 0 Å². The Morgan fingerprint density at radius 1 is 1.09 bits per heavy atom. The van der Waals surface area contributed by atoms with Gasteiger partial charge in [0.2, 0.25) is 12.7 Å². The number of urea groups is 1. The topological polar surface area (TPSA) is 113 Å². The number of anilines is 1. The first-order chi connectivity index (χ1) is 17.0. The Morgan fingerprint density at radius 3 is 2.71 bits per heavy atom. The lowest BCUT2D eigenvalue weighted by atomic mass is 9.94. The standard InChI is InChI=1S/C24H34N4O7/c1-26-6-8-27(9-7-26)23(30)11-18-3-4-19-22(35-18)14-32-13-17(29)12-28(19)24(31)25-16-2-5-20-21(10-16)34-15-33-20/h2,5,10,17-19,22,29H,3-4,6-9,11-15H2,1H3,(H,25,31)/t17-,18+,19-,22+/m1/s1. The number of nitrogens with one attached hydrogen (secondary N) is 1. The number of amides is 3. The van der Waals surface area contributed by atoms with Crippen LogP contribution in [0.25, 0.3) is 0 Å². The molecule has 3 saturated heterocycles. The molecule has 0 aliphatic carbocycles. The second-order valence-electron chi connectivity index (χ2n) is 9.67. The summed E-state index contributed by atoms with van der Waals surface area (Å²) in [6.45, 7) is 3.90. The molecule has 4 atom stereocenters. The van der Waals surface area contributed by atoms with Crippen molar-refractivity contribution >= 4 is 17.6 Å². The maximum atomic E-state index is 13.3. The number of β-amino-alcohol motifs (C(OH)–C–C–N with tert-alkyl or cyclic N) is 1. The largest absolute Gasteiger partial charge is 0.454 e. The van der Waals surface area contributed by atoms with E-state index in [1.807, 2.05) is 4.90 Å². The molecule has 4 aliphatic heterocycles. The Hall–Kier alpha value is -2.60. The molecule has 1 aromatic carbocycles. The van der Waals surface area contributed by atoms with E-state index in [0.29, 0.717) is 36.4 Å². The van der Waals surface area contributed by atoms with Crippen LogP contribution in [0.2, 0.25) is 0 Å². The minimum Gasteiger partial charge on any atom is -0.454 e. The summed E-state index contributed by atoms with van der Waals surface area (Å²) in [7, 11) is 2.06. The number of carbonyl (C=O) groups is 2. The number of ether oxygens (including phenoxy) is 4. The number of piperazine rings is 1. The fourth-order valence-electron chi connectivity index (χ4n) is 5.12. The SMILES string of the molecule is CN1CCN(C(=O)C[C@@H]2CC[C@@H]3[C@H](COC[C@H](O)CN3C(=O)Nc3ccc4c(c3)OCO4)O2)CC1. The van der Waals surface area contributed by atoms with Crippen LogP contribution in [-0.4, -0.2) is 116 Å². The van der Waals surface area contributed by atoms with E-state index >= 15 is 0 Å². The Labute approximate surface area is 204 Å². The van der Waals surface area contributed by atoms with Crippen molar-refractivity contribution in [2.24, 2.45) is 0 Å². The molecule has 0 radical (unpaired) electrons. The van der Waals surface area contributed by atoms with Crippen molar-refractivity contribution in [3.63, 3.8) is 0 Å². The summed E-state index contributed by atoms with van der Waals surface area (Å²) in [5, 5.41) is 13.3. The molecule has 4 heterocycles. The van der Waals surface area contributed by atoms with E-state index in [9.17, 15) is 14.7 Å². The minimum atomic E-state index is -0.796. The molecule has 1 aromatic rings. The highest BCUT2D eigenvalue weighted by Gasteiger charge is 2.40. The highest BCUT2D eigenvalue weighted by atomic mass is 16.7. The van der Waals surface area contributed by atoms with Gasteiger partial charge in [0.15, 0.2) is 11.5 Å². The number of fused-ring (bicyclic) bond motifs is 2. The normalized spacial score (nSPS) is 29.2. The molecule has 0 unspecified atom stereocenters. The molecule has 2 N–H and O–H groups in total. The lowest BCUT2D eigenvalue weighted by Gasteiger charge is -2.44. The van der Waals surface area contributed by atoms with E-state index in [-0.39, 0.29) is 56.7 Å². The number of likely N-dealkylation sites (N-methyl/N-ethyl adjacent to an activating group) is 1. The molecular weight excluding hydrogens is 456 g/mol. The lowest BCUT2D eigenvalue weighted by Crippen LogP contribution is -2.58. The Balaban J connectivity index is 1.23. The Morgan fingerprint density at radius 2 is 1.89 bits per heavy atom. The van der Waals surface area contributed by atoms with Gasteiger partial charge in [-0.1, -0.05) is 0 Å². The van der Waals surface area contributed by atoms with Crippen LogP contribution < -0.4 is 14.8 Å². The molecule has 192 valence electrons. The van der Waals surface area contributed by atoms with E-state index in [4.69, 9.17) is 18.9 Å². The Bertz CT molecular complexity index is 923. The number of rotatable bonds is 3. The molecule has 35 heavy (non-hydrogen) atoms. The van der Waals surface area contributed by atoms with Crippen LogP contribution in [0.5, 0.6) is 11.5 Å². The zero-order chi connectivity index (χ0) is 24.4. The summed E-state index contributed by atoms with van der Waals surface area (Å²) in [6.07, 6.45) is 0.272. The van der Waals surface area contributed by atoms with Gasteiger partial charge in [-0.05, 0) is 32.0 Å². The molecule has 4 aliphatic rings. The van der Waals surface area contributed by atoms with Gasteiger partial charge in [0.05, 0.1) is 44.4 Å². The number of benzene rings is 1. The summed E-state index contributed by atoms with van der Waals surface area (Å²) in [6, 6.07) is 4.63. The molecular formula is C24H34N4O7. The highest BCUT2D eigenvalue weighted by molar-refractivity contribution is 5.90. The lowest BCUT2D eigenvalue weighted by molar-refractivity contribution is -0.155. The van der Waals surface area contributed by atoms with E-state index in [2.05, 4.69) is 17.3 Å². The van der Waals surface area contributed by atoms with Crippen molar-refractivity contribution in [3.05, 3.63) is 18.2 Å². The van der Waals surface area contributed by atoms with Gasteiger partial charge in [-0.3, -0.25) is 4.79 Å². The van der Waals surface area contributed by atoms with E-state index in [1.165, 1.54) is 0 Å². The molecule has 3 fully saturated rings. The molecule has 11 nitrogen and oxygen atoms in total. The third-order valence-electron chi connectivity index (χ3n) is 7.12. The molecule has 0 saturated carbocycles. The number of nitrogens with zero attached hydrogens (tertiary/aromatic N) is 3. The summed E-state index contributed by atoms with van der Waals surface area (Å²) >= 11 is 0. The van der Waals surface area contributed by atoms with Gasteiger partial charge >= 0.3 is 6.03 Å². The van der Waals surface area contributed by atoms with E-state index in [0.717, 1.165) is 26.2 Å². The van der Waals surface area contributed by atoms with Gasteiger partial charge in [0.25, 0.3) is 0 Å². The van der Waals surface area contributed by atoms with Crippen molar-refractivity contribution in [1.82, 2.24) is 14.7 Å². The van der Waals surface area contributed by atoms with Crippen LogP contribution in [0.15, 0.2) is 18.2 Å². The number of hydrogen-bond donors (Lipinski definition) is 2. The smallest absolute Gasteiger partial charge is 0.322 e. The number of aliphatic hydroxyl groups excluding tert-OH is 1. The van der Waals surface area contributed by atoms with Crippen LogP contribution in [0.1, 0.15) is 19.3 Å². The predicted molar refractivity (Wildman–Crippen MR) is 125 cm³/mol. The molecule has 3 amide bonds. The Kier molecular flexibility index (Phi) is 7.28. The van der Waals surface area contributed by atoms with Crippen molar-refractivity contribution in [1.29, 1.82) is 0 Å². The van der Waals surface area contributed by atoms with Crippen molar-refractivity contribution in [2.45, 2.75) is 43.6 Å². The zero-order valence-corrected chi connectivity index (χ0v) is 20.1. The molecule has 0 bridgehead atoms. The molecule has 11 heteroatoms. The first kappa shape index (κ1) is 24.1. The monoisotopic (exact) mass is 490 g/mol. The zero-order valence-electron chi connectivity index (χ0n) is 20.1. The average molecular weight is 491 g/mol. The minimum absolute atomic E-state index is 0.112. The summed E-state index contributed by atoms with van der Waals surface area (Å²) in [5.41, 5.74) is 0.580. The summed E-state index contributed by atoms with van der Waals surface area (Å²) in [4.78, 5) is 31.9. The van der Waals surface area contributed by atoms with Crippen LogP contribution in [0, 0.1) is 0 Å². The number of hydrogen-bond acceptors (Lipinski definition) is 8. The quantitative estimate of drug-likeness (QED) is 0.638. The fourth-order valence-corrected chi connectivity index (χ4v) is 5.12. The first-order valence-electron chi connectivity index (χ1n) is 12.3. The number of aliphatic hydroxyl groups is 1. The summed E-state index contributed by atoms with van der Waals surface area (Å²) < 4.78 is 22.7. The van der Waals surface area contributed by atoms with E-state index < -0.39 is 6.10 Å². The van der Waals surface area contributed by atoms with Gasteiger partial charge in [-0.25, -0.2) is 4.79 Å². The van der Waals surface area contributed by atoms with Gasteiger partial charge < -0.3 is 44.1 Å². The fraction of sp³-hybridized carbons (Fsp3) is 0.667. The third kappa shape index (κ3) is 5.64.